The van der Waals surface area contributed by atoms with Crippen LogP contribution in [0.5, 0.6) is 5.75 Å². The lowest BCUT2D eigenvalue weighted by Crippen LogP contribution is -2.39. The number of ether oxygens (including phenoxy) is 1. The molecule has 1 saturated heterocycles. The Bertz CT molecular complexity index is 447. The average Bonchev–Trinajstić information content (AvgIpc) is 2.37. The minimum atomic E-state index is 0.0610. The zero-order valence-corrected chi connectivity index (χ0v) is 12.4. The third kappa shape index (κ3) is 2.69. The van der Waals surface area contributed by atoms with E-state index in [0.29, 0.717) is 17.2 Å². The van der Waals surface area contributed by atoms with Crippen molar-refractivity contribution in [3.8, 4) is 5.75 Å². The molecule has 1 aliphatic heterocycles. The fourth-order valence-corrected chi connectivity index (χ4v) is 2.93. The van der Waals surface area contributed by atoms with Gasteiger partial charge in [-0.05, 0) is 46.8 Å². The van der Waals surface area contributed by atoms with Gasteiger partial charge in [-0.15, -0.1) is 0 Å². The maximum Gasteiger partial charge on any atom is 0.258 e. The molecule has 1 amide bonds. The molecule has 0 radical (unpaired) electrons. The molecule has 1 fully saturated rings. The van der Waals surface area contributed by atoms with Gasteiger partial charge in [-0.3, -0.25) is 4.79 Å². The molecule has 18 heavy (non-hydrogen) atoms. The summed E-state index contributed by atoms with van der Waals surface area (Å²) in [6.45, 7) is 3.87. The van der Waals surface area contributed by atoms with Crippen LogP contribution < -0.4 is 4.74 Å². The van der Waals surface area contributed by atoms with Crippen molar-refractivity contribution in [1.82, 2.24) is 4.90 Å². The number of methoxy groups -OCH3 is 1. The number of carbonyl (C=O) groups is 1. The first kappa shape index (κ1) is 13.4. The SMILES string of the molecule is COc1cccc(Br)c1C(=O)N1CCCC(C)C1. The van der Waals surface area contributed by atoms with Gasteiger partial charge in [0.25, 0.3) is 5.91 Å². The molecular weight excluding hydrogens is 294 g/mol. The van der Waals surface area contributed by atoms with Gasteiger partial charge in [0.05, 0.1) is 12.7 Å². The molecule has 0 aliphatic carbocycles. The predicted molar refractivity (Wildman–Crippen MR) is 75.0 cm³/mol. The zero-order valence-electron chi connectivity index (χ0n) is 10.8. The normalized spacial score (nSPS) is 19.7. The number of rotatable bonds is 2. The van der Waals surface area contributed by atoms with Crippen molar-refractivity contribution in [1.29, 1.82) is 0 Å². The standard InChI is InChI=1S/C14H18BrNO2/c1-10-5-4-8-16(9-10)14(17)13-11(15)6-3-7-12(13)18-2/h3,6-7,10H,4-5,8-9H2,1-2H3. The summed E-state index contributed by atoms with van der Waals surface area (Å²) in [5, 5.41) is 0. The highest BCUT2D eigenvalue weighted by molar-refractivity contribution is 9.10. The second kappa shape index (κ2) is 5.74. The first-order valence-electron chi connectivity index (χ1n) is 6.25. The van der Waals surface area contributed by atoms with Crippen molar-refractivity contribution in [2.45, 2.75) is 19.8 Å². The molecule has 4 heteroatoms. The maximum atomic E-state index is 12.6. The van der Waals surface area contributed by atoms with E-state index in [1.807, 2.05) is 23.1 Å². The van der Waals surface area contributed by atoms with Crippen molar-refractivity contribution in [2.24, 2.45) is 5.92 Å². The Labute approximate surface area is 116 Å². The van der Waals surface area contributed by atoms with Crippen LogP contribution in [0.1, 0.15) is 30.1 Å². The fraction of sp³-hybridized carbons (Fsp3) is 0.500. The third-order valence-corrected chi connectivity index (χ3v) is 4.01. The summed E-state index contributed by atoms with van der Waals surface area (Å²) in [6, 6.07) is 5.58. The van der Waals surface area contributed by atoms with Crippen molar-refractivity contribution >= 4 is 21.8 Å². The van der Waals surface area contributed by atoms with Gasteiger partial charge in [-0.2, -0.15) is 0 Å². The summed E-state index contributed by atoms with van der Waals surface area (Å²) in [4.78, 5) is 14.5. The lowest BCUT2D eigenvalue weighted by molar-refractivity contribution is 0.0678. The second-order valence-corrected chi connectivity index (χ2v) is 5.67. The molecule has 1 aromatic rings. The molecule has 0 bridgehead atoms. The van der Waals surface area contributed by atoms with Crippen molar-refractivity contribution in [3.63, 3.8) is 0 Å². The Morgan fingerprint density at radius 1 is 1.50 bits per heavy atom. The first-order valence-corrected chi connectivity index (χ1v) is 7.04. The summed E-state index contributed by atoms with van der Waals surface area (Å²) in [5.74, 6) is 1.27. The van der Waals surface area contributed by atoms with Gasteiger partial charge >= 0.3 is 0 Å². The summed E-state index contributed by atoms with van der Waals surface area (Å²) in [5.41, 5.74) is 0.633. The van der Waals surface area contributed by atoms with E-state index >= 15 is 0 Å². The molecule has 0 aromatic heterocycles. The number of piperidine rings is 1. The summed E-state index contributed by atoms with van der Waals surface area (Å²) >= 11 is 3.44. The highest BCUT2D eigenvalue weighted by Gasteiger charge is 2.25. The molecule has 1 atom stereocenters. The number of carbonyl (C=O) groups excluding carboxylic acids is 1. The summed E-state index contributed by atoms with van der Waals surface area (Å²) < 4.78 is 6.08. The minimum absolute atomic E-state index is 0.0610. The molecule has 1 aromatic carbocycles. The Balaban J connectivity index is 2.28. The van der Waals surface area contributed by atoms with E-state index in [2.05, 4.69) is 22.9 Å². The molecule has 2 rings (SSSR count). The van der Waals surface area contributed by atoms with Crippen LogP contribution in [-0.2, 0) is 0 Å². The number of hydrogen-bond donors (Lipinski definition) is 0. The van der Waals surface area contributed by atoms with Gasteiger partial charge in [0.15, 0.2) is 0 Å². The maximum absolute atomic E-state index is 12.6. The van der Waals surface area contributed by atoms with E-state index in [-0.39, 0.29) is 5.91 Å². The quantitative estimate of drug-likeness (QED) is 0.838. The lowest BCUT2D eigenvalue weighted by Gasteiger charge is -2.31. The molecule has 1 heterocycles. The first-order chi connectivity index (χ1) is 8.63. The van der Waals surface area contributed by atoms with E-state index in [9.17, 15) is 4.79 Å². The molecule has 0 spiro atoms. The van der Waals surface area contributed by atoms with E-state index in [1.54, 1.807) is 7.11 Å². The molecular formula is C14H18BrNO2. The smallest absolute Gasteiger partial charge is 0.258 e. The number of likely N-dealkylation sites (tertiary alicyclic amines) is 1. The monoisotopic (exact) mass is 311 g/mol. The van der Waals surface area contributed by atoms with E-state index in [4.69, 9.17) is 4.74 Å². The van der Waals surface area contributed by atoms with Gasteiger partial charge < -0.3 is 9.64 Å². The Hall–Kier alpha value is -1.03. The van der Waals surface area contributed by atoms with Crippen molar-refractivity contribution in [3.05, 3.63) is 28.2 Å². The van der Waals surface area contributed by atoms with E-state index in [0.717, 1.165) is 24.0 Å². The van der Waals surface area contributed by atoms with Crippen LogP contribution in [0.2, 0.25) is 0 Å². The highest BCUT2D eigenvalue weighted by atomic mass is 79.9. The van der Waals surface area contributed by atoms with Gasteiger partial charge in [0.1, 0.15) is 5.75 Å². The second-order valence-electron chi connectivity index (χ2n) is 4.82. The van der Waals surface area contributed by atoms with E-state index in [1.165, 1.54) is 6.42 Å². The largest absolute Gasteiger partial charge is 0.496 e. The zero-order chi connectivity index (χ0) is 13.1. The average molecular weight is 312 g/mol. The number of hydrogen-bond acceptors (Lipinski definition) is 2. The highest BCUT2D eigenvalue weighted by Crippen LogP contribution is 2.29. The van der Waals surface area contributed by atoms with Gasteiger partial charge in [-0.25, -0.2) is 0 Å². The van der Waals surface area contributed by atoms with Gasteiger partial charge in [0.2, 0.25) is 0 Å². The van der Waals surface area contributed by atoms with E-state index < -0.39 is 0 Å². The van der Waals surface area contributed by atoms with Crippen LogP contribution in [0.3, 0.4) is 0 Å². The fourth-order valence-electron chi connectivity index (χ4n) is 2.41. The van der Waals surface area contributed by atoms with Crippen LogP contribution in [0.25, 0.3) is 0 Å². The topological polar surface area (TPSA) is 29.5 Å². The summed E-state index contributed by atoms with van der Waals surface area (Å²) in [7, 11) is 1.59. The molecule has 98 valence electrons. The number of amides is 1. The van der Waals surface area contributed by atoms with Crippen LogP contribution in [-0.4, -0.2) is 31.0 Å². The summed E-state index contributed by atoms with van der Waals surface area (Å²) in [6.07, 6.45) is 2.29. The molecule has 1 unspecified atom stereocenters. The van der Waals surface area contributed by atoms with Crippen LogP contribution >= 0.6 is 15.9 Å². The van der Waals surface area contributed by atoms with Gasteiger partial charge in [-0.1, -0.05) is 13.0 Å². The molecule has 1 aliphatic rings. The van der Waals surface area contributed by atoms with Crippen molar-refractivity contribution in [2.75, 3.05) is 20.2 Å². The lowest BCUT2D eigenvalue weighted by atomic mass is 9.99. The van der Waals surface area contributed by atoms with Crippen LogP contribution in [0, 0.1) is 5.92 Å². The van der Waals surface area contributed by atoms with Crippen LogP contribution in [0.15, 0.2) is 22.7 Å². The third-order valence-electron chi connectivity index (χ3n) is 3.35. The Morgan fingerprint density at radius 3 is 2.94 bits per heavy atom. The number of nitrogens with zero attached hydrogens (tertiary/aromatic N) is 1. The Morgan fingerprint density at radius 2 is 2.28 bits per heavy atom. The predicted octanol–water partition coefficient (Wildman–Crippen LogP) is 3.33. The number of halogens is 1. The Kier molecular flexibility index (Phi) is 4.27. The van der Waals surface area contributed by atoms with Crippen LogP contribution in [0.4, 0.5) is 0 Å². The number of benzene rings is 1. The molecule has 0 N–H and O–H groups in total. The molecule has 0 saturated carbocycles. The van der Waals surface area contributed by atoms with Gasteiger partial charge in [0, 0.05) is 17.6 Å². The van der Waals surface area contributed by atoms with Crippen molar-refractivity contribution < 1.29 is 9.53 Å². The molecule has 3 nitrogen and oxygen atoms in total. The minimum Gasteiger partial charge on any atom is -0.496 e.